The van der Waals surface area contributed by atoms with Crippen molar-refractivity contribution < 1.29 is 24.5 Å². The Balaban J connectivity index is 3.42. The first-order valence-electron chi connectivity index (χ1n) is 34.1. The Hall–Kier alpha value is -1.66. The molecule has 0 saturated carbocycles. The van der Waals surface area contributed by atoms with Crippen molar-refractivity contribution in [2.24, 2.45) is 0 Å². The van der Waals surface area contributed by atoms with Gasteiger partial charge in [0.15, 0.2) is 0 Å². The molecule has 0 aliphatic rings. The minimum atomic E-state index is -0.671. The third kappa shape index (κ3) is 61.4. The fraction of sp³-hybridized carbons (Fsp3) is 0.913. The summed E-state index contributed by atoms with van der Waals surface area (Å²) in [6.45, 7) is 4.97. The van der Waals surface area contributed by atoms with E-state index in [1.165, 1.54) is 302 Å². The van der Waals surface area contributed by atoms with Gasteiger partial charge in [0.2, 0.25) is 5.91 Å². The van der Waals surface area contributed by atoms with Crippen LogP contribution in [0.5, 0.6) is 0 Å². The van der Waals surface area contributed by atoms with Crippen LogP contribution in [0.3, 0.4) is 0 Å². The molecule has 6 nitrogen and oxygen atoms in total. The van der Waals surface area contributed by atoms with Gasteiger partial charge in [0.05, 0.1) is 25.4 Å². The van der Waals surface area contributed by atoms with E-state index in [1.807, 2.05) is 0 Å². The van der Waals surface area contributed by atoms with E-state index in [4.69, 9.17) is 4.74 Å². The molecule has 0 aliphatic heterocycles. The Labute approximate surface area is 469 Å². The fourth-order valence-electron chi connectivity index (χ4n) is 10.7. The van der Waals surface area contributed by atoms with Crippen LogP contribution < -0.4 is 5.32 Å². The van der Waals surface area contributed by atoms with Crippen LogP contribution in [0.25, 0.3) is 0 Å². The average Bonchev–Trinajstić information content (AvgIpc) is 3.41. The van der Waals surface area contributed by atoms with E-state index >= 15 is 0 Å². The summed E-state index contributed by atoms with van der Waals surface area (Å²) in [6.07, 6.45) is 80.6. The highest BCUT2D eigenvalue weighted by molar-refractivity contribution is 5.76. The van der Waals surface area contributed by atoms with Crippen LogP contribution in [0.2, 0.25) is 0 Å². The summed E-state index contributed by atoms with van der Waals surface area (Å²) in [5.74, 6) is -0.0364. The van der Waals surface area contributed by atoms with Gasteiger partial charge in [-0.1, -0.05) is 314 Å². The van der Waals surface area contributed by atoms with E-state index < -0.39 is 12.1 Å². The molecule has 0 heterocycles. The van der Waals surface area contributed by atoms with Gasteiger partial charge in [0.25, 0.3) is 0 Å². The highest BCUT2D eigenvalue weighted by Crippen LogP contribution is 2.18. The number of aliphatic hydroxyl groups is 2. The summed E-state index contributed by atoms with van der Waals surface area (Å²) in [4.78, 5) is 24.6. The number of carbonyl (C=O) groups excluding carboxylic acids is 2. The second kappa shape index (κ2) is 64.9. The highest BCUT2D eigenvalue weighted by Gasteiger charge is 2.20. The van der Waals surface area contributed by atoms with Gasteiger partial charge in [-0.05, 0) is 77.0 Å². The van der Waals surface area contributed by atoms with E-state index in [9.17, 15) is 19.8 Å². The summed E-state index contributed by atoms with van der Waals surface area (Å²) >= 11 is 0. The number of amides is 1. The van der Waals surface area contributed by atoms with Crippen molar-refractivity contribution in [3.63, 3.8) is 0 Å². The van der Waals surface area contributed by atoms with E-state index in [-0.39, 0.29) is 18.5 Å². The molecule has 444 valence electrons. The Bertz CT molecular complexity index is 1170. The molecule has 0 radical (unpaired) electrons. The maximum atomic E-state index is 12.5. The van der Waals surface area contributed by atoms with Gasteiger partial charge in [0, 0.05) is 12.8 Å². The van der Waals surface area contributed by atoms with E-state index in [1.54, 1.807) is 0 Å². The number of ether oxygens (including phenoxy) is 1. The minimum Gasteiger partial charge on any atom is -0.466 e. The summed E-state index contributed by atoms with van der Waals surface area (Å²) in [6, 6.07) is -0.550. The van der Waals surface area contributed by atoms with Gasteiger partial charge < -0.3 is 20.3 Å². The number of hydrogen-bond donors (Lipinski definition) is 3. The molecule has 0 aromatic carbocycles. The molecule has 6 heteroatoms. The molecule has 3 N–H and O–H groups in total. The third-order valence-electron chi connectivity index (χ3n) is 16.0. The van der Waals surface area contributed by atoms with Crippen LogP contribution in [0, 0.1) is 0 Å². The molecule has 0 rings (SSSR count). The summed E-state index contributed by atoms with van der Waals surface area (Å²) in [7, 11) is 0. The zero-order chi connectivity index (χ0) is 54.3. The molecule has 2 atom stereocenters. The van der Waals surface area contributed by atoms with E-state index in [0.717, 1.165) is 44.9 Å². The van der Waals surface area contributed by atoms with Gasteiger partial charge in [-0.15, -0.1) is 0 Å². The fourth-order valence-corrected chi connectivity index (χ4v) is 10.7. The van der Waals surface area contributed by atoms with Gasteiger partial charge in [0.1, 0.15) is 0 Å². The Kier molecular flexibility index (Phi) is 63.4. The molecule has 0 saturated heterocycles. The number of aliphatic hydroxyl groups excluding tert-OH is 2. The van der Waals surface area contributed by atoms with Crippen LogP contribution in [-0.4, -0.2) is 47.4 Å². The molecule has 2 unspecified atom stereocenters. The quantitative estimate of drug-likeness (QED) is 0.0320. The Morgan fingerprint density at radius 1 is 0.360 bits per heavy atom. The van der Waals surface area contributed by atoms with Crippen molar-refractivity contribution in [2.75, 3.05) is 13.2 Å². The number of esters is 1. The number of nitrogens with one attached hydrogen (secondary N) is 1. The number of hydrogen-bond acceptors (Lipinski definition) is 5. The molecule has 75 heavy (non-hydrogen) atoms. The van der Waals surface area contributed by atoms with Gasteiger partial charge in [-0.25, -0.2) is 0 Å². The predicted octanol–water partition coefficient (Wildman–Crippen LogP) is 21.8. The largest absolute Gasteiger partial charge is 0.466 e. The average molecular weight is 1060 g/mol. The standard InChI is InChI=1S/C69H133NO5/c1-3-5-7-9-11-13-15-17-19-21-23-26-29-33-37-41-45-49-53-57-61-67(72)66(65-71)70-68(73)62-58-54-50-46-42-38-34-30-27-24-28-32-36-40-44-48-52-56-60-64-75-69(74)63-59-55-51-47-43-39-35-31-25-22-20-18-16-14-12-10-8-6-4-2/h18,20,24,27,66-67,71-72H,3-17,19,21-23,25-26,28-65H2,1-2H3,(H,70,73)/b20-18-,27-24-. The van der Waals surface area contributed by atoms with E-state index in [0.29, 0.717) is 25.9 Å². The smallest absolute Gasteiger partial charge is 0.305 e. The monoisotopic (exact) mass is 1060 g/mol. The van der Waals surface area contributed by atoms with Crippen molar-refractivity contribution in [2.45, 2.75) is 392 Å². The number of unbranched alkanes of at least 4 members (excludes halogenated alkanes) is 49. The molecule has 0 aromatic heterocycles. The second-order valence-corrected chi connectivity index (χ2v) is 23.5. The van der Waals surface area contributed by atoms with Crippen molar-refractivity contribution in [1.82, 2.24) is 5.32 Å². The van der Waals surface area contributed by atoms with Crippen LogP contribution in [0.15, 0.2) is 24.3 Å². The van der Waals surface area contributed by atoms with Gasteiger partial charge in [-0.3, -0.25) is 9.59 Å². The van der Waals surface area contributed by atoms with Gasteiger partial charge in [-0.2, -0.15) is 0 Å². The zero-order valence-corrected chi connectivity index (χ0v) is 50.8. The number of carbonyl (C=O) groups is 2. The Morgan fingerprint density at radius 3 is 0.947 bits per heavy atom. The SMILES string of the molecule is CCCCCCCC/C=C\CCCCCCCCCCCC(=O)OCCCCCCCCCC/C=C\CCCCCCCCCC(=O)NC(CO)C(O)CCCCCCCCCCCCCCCCCCCCCC. The number of allylic oxidation sites excluding steroid dienone is 4. The van der Waals surface area contributed by atoms with Crippen LogP contribution in [0.4, 0.5) is 0 Å². The van der Waals surface area contributed by atoms with Gasteiger partial charge >= 0.3 is 5.97 Å². The lowest BCUT2D eigenvalue weighted by molar-refractivity contribution is -0.143. The van der Waals surface area contributed by atoms with E-state index in [2.05, 4.69) is 43.5 Å². The maximum absolute atomic E-state index is 12.5. The lowest BCUT2D eigenvalue weighted by Gasteiger charge is -2.22. The molecule has 0 aliphatic carbocycles. The zero-order valence-electron chi connectivity index (χ0n) is 50.8. The minimum absolute atomic E-state index is 0.00450. The molecule has 0 spiro atoms. The normalized spacial score (nSPS) is 12.6. The second-order valence-electron chi connectivity index (χ2n) is 23.5. The van der Waals surface area contributed by atoms with Crippen molar-refractivity contribution in [3.05, 3.63) is 24.3 Å². The molecule has 0 fully saturated rings. The van der Waals surface area contributed by atoms with Crippen LogP contribution in [0.1, 0.15) is 380 Å². The summed E-state index contributed by atoms with van der Waals surface area (Å²) in [5, 5.41) is 23.4. The number of rotatable bonds is 64. The molecule has 1 amide bonds. The van der Waals surface area contributed by atoms with Crippen LogP contribution in [-0.2, 0) is 14.3 Å². The predicted molar refractivity (Wildman–Crippen MR) is 329 cm³/mol. The van der Waals surface area contributed by atoms with Crippen molar-refractivity contribution in [3.8, 4) is 0 Å². The topological polar surface area (TPSA) is 95.9 Å². The Morgan fingerprint density at radius 2 is 0.627 bits per heavy atom. The van der Waals surface area contributed by atoms with Crippen molar-refractivity contribution >= 4 is 11.9 Å². The summed E-state index contributed by atoms with van der Waals surface area (Å²) < 4.78 is 5.50. The molecular formula is C69H133NO5. The first-order valence-corrected chi connectivity index (χ1v) is 34.1. The first kappa shape index (κ1) is 73.3. The maximum Gasteiger partial charge on any atom is 0.305 e. The molecule has 0 aromatic rings. The van der Waals surface area contributed by atoms with Crippen molar-refractivity contribution in [1.29, 1.82) is 0 Å². The molecular weight excluding hydrogens is 923 g/mol. The third-order valence-corrected chi connectivity index (χ3v) is 16.0. The summed E-state index contributed by atoms with van der Waals surface area (Å²) in [5.41, 5.74) is 0. The first-order chi connectivity index (χ1) is 37.0. The molecule has 0 bridgehead atoms. The van der Waals surface area contributed by atoms with Crippen LogP contribution >= 0.6 is 0 Å². The highest BCUT2D eigenvalue weighted by atomic mass is 16.5. The lowest BCUT2D eigenvalue weighted by atomic mass is 10.0. The lowest BCUT2D eigenvalue weighted by Crippen LogP contribution is -2.45.